The Morgan fingerprint density at radius 3 is 2.67 bits per heavy atom. The molecule has 1 heterocycles. The van der Waals surface area contributed by atoms with Crippen LogP contribution in [-0.2, 0) is 0 Å². The molecular weight excluding hydrogens is 190 g/mol. The van der Waals surface area contributed by atoms with E-state index >= 15 is 0 Å². The number of benzene rings is 1. The average Bonchev–Trinajstić information content (AvgIpc) is 2.77. The van der Waals surface area contributed by atoms with Gasteiger partial charge in [-0.25, -0.2) is 0 Å². The molecule has 2 aromatic rings. The van der Waals surface area contributed by atoms with Gasteiger partial charge in [-0.1, -0.05) is 12.1 Å². The molecule has 3 nitrogen and oxygen atoms in total. The molecule has 0 aliphatic carbocycles. The maximum Gasteiger partial charge on any atom is 0.204 e. The van der Waals surface area contributed by atoms with Crippen molar-refractivity contribution in [2.75, 3.05) is 7.11 Å². The van der Waals surface area contributed by atoms with E-state index < -0.39 is 0 Å². The summed E-state index contributed by atoms with van der Waals surface area (Å²) >= 11 is 0. The SMILES string of the molecule is COc1ccccc1-c1ccc(C#N)o1. The summed E-state index contributed by atoms with van der Waals surface area (Å²) in [5.41, 5.74) is 0.849. The number of hydrogen-bond donors (Lipinski definition) is 0. The predicted octanol–water partition coefficient (Wildman–Crippen LogP) is 2.83. The van der Waals surface area contributed by atoms with Gasteiger partial charge in [0.15, 0.2) is 0 Å². The molecule has 15 heavy (non-hydrogen) atoms. The standard InChI is InChI=1S/C12H9NO2/c1-14-11-5-3-2-4-10(11)12-7-6-9(8-13)15-12/h2-7H,1H3. The van der Waals surface area contributed by atoms with Crippen molar-refractivity contribution in [3.63, 3.8) is 0 Å². The van der Waals surface area contributed by atoms with Gasteiger partial charge in [0.05, 0.1) is 12.7 Å². The molecule has 3 heteroatoms. The van der Waals surface area contributed by atoms with Crippen molar-refractivity contribution in [3.8, 4) is 23.1 Å². The molecule has 0 radical (unpaired) electrons. The highest BCUT2D eigenvalue weighted by Crippen LogP contribution is 2.30. The van der Waals surface area contributed by atoms with Crippen LogP contribution in [0.4, 0.5) is 0 Å². The van der Waals surface area contributed by atoms with Crippen LogP contribution in [0.5, 0.6) is 5.75 Å². The summed E-state index contributed by atoms with van der Waals surface area (Å²) < 4.78 is 10.5. The molecule has 0 bridgehead atoms. The Balaban J connectivity index is 2.49. The van der Waals surface area contributed by atoms with Crippen LogP contribution in [0.3, 0.4) is 0 Å². The molecule has 74 valence electrons. The fourth-order valence-corrected chi connectivity index (χ4v) is 1.39. The summed E-state index contributed by atoms with van der Waals surface area (Å²) in [5.74, 6) is 1.68. The molecule has 0 saturated carbocycles. The third kappa shape index (κ3) is 1.70. The Morgan fingerprint density at radius 2 is 2.00 bits per heavy atom. The lowest BCUT2D eigenvalue weighted by molar-refractivity contribution is 0.414. The quantitative estimate of drug-likeness (QED) is 0.747. The lowest BCUT2D eigenvalue weighted by atomic mass is 10.1. The maximum atomic E-state index is 8.65. The minimum atomic E-state index is 0.302. The zero-order valence-corrected chi connectivity index (χ0v) is 8.23. The molecule has 2 rings (SSSR count). The number of ether oxygens (including phenoxy) is 1. The summed E-state index contributed by atoms with van der Waals surface area (Å²) in [7, 11) is 1.60. The van der Waals surface area contributed by atoms with Gasteiger partial charge in [0, 0.05) is 0 Å². The van der Waals surface area contributed by atoms with Crippen molar-refractivity contribution in [1.82, 2.24) is 0 Å². The summed E-state index contributed by atoms with van der Waals surface area (Å²) in [6.45, 7) is 0. The molecule has 0 spiro atoms. The van der Waals surface area contributed by atoms with Gasteiger partial charge < -0.3 is 9.15 Å². The second-order valence-corrected chi connectivity index (χ2v) is 2.98. The van der Waals surface area contributed by atoms with Crippen molar-refractivity contribution in [2.45, 2.75) is 0 Å². The van der Waals surface area contributed by atoms with Crippen LogP contribution in [0.1, 0.15) is 5.76 Å². The van der Waals surface area contributed by atoms with Gasteiger partial charge in [-0.3, -0.25) is 0 Å². The van der Waals surface area contributed by atoms with Gasteiger partial charge >= 0.3 is 0 Å². The summed E-state index contributed by atoms with van der Waals surface area (Å²) in [6, 6.07) is 12.9. The first-order chi connectivity index (χ1) is 7.35. The van der Waals surface area contributed by atoms with Crippen LogP contribution >= 0.6 is 0 Å². The van der Waals surface area contributed by atoms with Crippen molar-refractivity contribution in [3.05, 3.63) is 42.2 Å². The molecule has 0 amide bonds. The first-order valence-electron chi connectivity index (χ1n) is 4.48. The van der Waals surface area contributed by atoms with E-state index in [0.717, 1.165) is 11.3 Å². The van der Waals surface area contributed by atoms with Gasteiger partial charge in [0.25, 0.3) is 0 Å². The van der Waals surface area contributed by atoms with Crippen LogP contribution in [0.15, 0.2) is 40.8 Å². The second kappa shape index (κ2) is 3.89. The number of nitrogens with zero attached hydrogens (tertiary/aromatic N) is 1. The lowest BCUT2D eigenvalue weighted by Crippen LogP contribution is -1.85. The number of nitriles is 1. The number of hydrogen-bond acceptors (Lipinski definition) is 3. The highest BCUT2D eigenvalue weighted by atomic mass is 16.5. The number of methoxy groups -OCH3 is 1. The van der Waals surface area contributed by atoms with Crippen LogP contribution in [0, 0.1) is 11.3 Å². The highest BCUT2D eigenvalue weighted by molar-refractivity contribution is 5.66. The van der Waals surface area contributed by atoms with Gasteiger partial charge in [-0.15, -0.1) is 0 Å². The fraction of sp³-hybridized carbons (Fsp3) is 0.0833. The third-order valence-electron chi connectivity index (χ3n) is 2.09. The number of rotatable bonds is 2. The molecule has 0 N–H and O–H groups in total. The van der Waals surface area contributed by atoms with Gasteiger partial charge in [0.2, 0.25) is 5.76 Å². The zero-order valence-electron chi connectivity index (χ0n) is 8.23. The zero-order chi connectivity index (χ0) is 10.7. The van der Waals surface area contributed by atoms with Gasteiger partial charge in [0.1, 0.15) is 17.6 Å². The minimum Gasteiger partial charge on any atom is -0.496 e. The van der Waals surface area contributed by atoms with Gasteiger partial charge in [-0.2, -0.15) is 5.26 Å². The predicted molar refractivity (Wildman–Crippen MR) is 55.4 cm³/mol. The van der Waals surface area contributed by atoms with Crippen LogP contribution < -0.4 is 4.74 Å². The Bertz CT molecular complexity index is 508. The molecule has 0 atom stereocenters. The van der Waals surface area contributed by atoms with Crippen LogP contribution in [0.2, 0.25) is 0 Å². The maximum absolute atomic E-state index is 8.65. The van der Waals surface area contributed by atoms with Crippen LogP contribution in [-0.4, -0.2) is 7.11 Å². The fourth-order valence-electron chi connectivity index (χ4n) is 1.39. The Kier molecular flexibility index (Phi) is 2.42. The second-order valence-electron chi connectivity index (χ2n) is 2.98. The van der Waals surface area contributed by atoms with Crippen molar-refractivity contribution in [1.29, 1.82) is 5.26 Å². The van der Waals surface area contributed by atoms with E-state index in [2.05, 4.69) is 0 Å². The first-order valence-corrected chi connectivity index (χ1v) is 4.48. The molecule has 0 aliphatic heterocycles. The molecule has 1 aromatic carbocycles. The first kappa shape index (κ1) is 9.35. The van der Waals surface area contributed by atoms with Crippen LogP contribution in [0.25, 0.3) is 11.3 Å². The molecule has 0 unspecified atom stereocenters. The molecule has 0 fully saturated rings. The highest BCUT2D eigenvalue weighted by Gasteiger charge is 2.08. The topological polar surface area (TPSA) is 46.2 Å². The lowest BCUT2D eigenvalue weighted by Gasteiger charge is -2.04. The molecule has 0 saturated heterocycles. The smallest absolute Gasteiger partial charge is 0.204 e. The normalized spacial score (nSPS) is 9.60. The van der Waals surface area contributed by atoms with E-state index in [1.54, 1.807) is 19.2 Å². The van der Waals surface area contributed by atoms with E-state index in [9.17, 15) is 0 Å². The summed E-state index contributed by atoms with van der Waals surface area (Å²) in [5, 5.41) is 8.65. The minimum absolute atomic E-state index is 0.302. The van der Waals surface area contributed by atoms with Crippen molar-refractivity contribution in [2.24, 2.45) is 0 Å². The van der Waals surface area contributed by atoms with E-state index in [1.165, 1.54) is 0 Å². The summed E-state index contributed by atoms with van der Waals surface area (Å²) in [4.78, 5) is 0. The largest absolute Gasteiger partial charge is 0.496 e. The van der Waals surface area contributed by atoms with E-state index in [4.69, 9.17) is 14.4 Å². The Morgan fingerprint density at radius 1 is 1.20 bits per heavy atom. The monoisotopic (exact) mass is 199 g/mol. The Hall–Kier alpha value is -2.21. The van der Waals surface area contributed by atoms with E-state index in [-0.39, 0.29) is 0 Å². The Labute approximate surface area is 87.5 Å². The number of para-hydroxylation sites is 1. The van der Waals surface area contributed by atoms with Gasteiger partial charge in [-0.05, 0) is 24.3 Å². The van der Waals surface area contributed by atoms with Crippen molar-refractivity contribution >= 4 is 0 Å². The summed E-state index contributed by atoms with van der Waals surface area (Å²) in [6.07, 6.45) is 0. The third-order valence-corrected chi connectivity index (χ3v) is 2.09. The van der Waals surface area contributed by atoms with E-state index in [1.807, 2.05) is 30.3 Å². The molecule has 0 aliphatic rings. The number of furan rings is 1. The molecule has 1 aromatic heterocycles. The van der Waals surface area contributed by atoms with Crippen molar-refractivity contribution < 1.29 is 9.15 Å². The molecular formula is C12H9NO2. The average molecular weight is 199 g/mol. The van der Waals surface area contributed by atoms with E-state index in [0.29, 0.717) is 11.5 Å².